The zero-order chi connectivity index (χ0) is 18.8. The number of hydrogen-bond acceptors (Lipinski definition) is 4. The fourth-order valence-corrected chi connectivity index (χ4v) is 5.38. The van der Waals surface area contributed by atoms with E-state index in [0.29, 0.717) is 31.3 Å². The second-order valence-corrected chi connectivity index (χ2v) is 10.7. The van der Waals surface area contributed by atoms with E-state index < -0.39 is 16.1 Å². The van der Waals surface area contributed by atoms with Crippen molar-refractivity contribution in [2.45, 2.75) is 65.0 Å². The fraction of sp³-hybridized carbons (Fsp3) is 0.944. The van der Waals surface area contributed by atoms with Gasteiger partial charge in [-0.05, 0) is 44.9 Å². The summed E-state index contributed by atoms with van der Waals surface area (Å²) < 4.78 is 25.3. The van der Waals surface area contributed by atoms with Crippen LogP contribution in [0.3, 0.4) is 0 Å². The van der Waals surface area contributed by atoms with Crippen molar-refractivity contribution in [3.63, 3.8) is 0 Å². The van der Waals surface area contributed by atoms with Crippen molar-refractivity contribution in [2.24, 2.45) is 11.8 Å². The Balaban J connectivity index is 1.97. The third-order valence-electron chi connectivity index (χ3n) is 5.60. The highest BCUT2D eigenvalue weighted by atomic mass is 32.2. The molecule has 0 saturated carbocycles. The predicted molar refractivity (Wildman–Crippen MR) is 101 cm³/mol. The Kier molecular flexibility index (Phi) is 6.55. The monoisotopic (exact) mass is 373 g/mol. The summed E-state index contributed by atoms with van der Waals surface area (Å²) in [6, 6.07) is -0.557. The van der Waals surface area contributed by atoms with Crippen molar-refractivity contribution in [1.82, 2.24) is 14.5 Å². The van der Waals surface area contributed by atoms with E-state index in [4.69, 9.17) is 0 Å². The van der Waals surface area contributed by atoms with E-state index in [1.54, 1.807) is 0 Å². The van der Waals surface area contributed by atoms with Gasteiger partial charge in [0.2, 0.25) is 15.9 Å². The number of rotatable bonds is 5. The lowest BCUT2D eigenvalue weighted by atomic mass is 9.88. The molecule has 3 atom stereocenters. The first kappa shape index (κ1) is 20.6. The summed E-state index contributed by atoms with van der Waals surface area (Å²) in [7, 11) is -3.35. The molecule has 0 aromatic carbocycles. The summed E-state index contributed by atoms with van der Waals surface area (Å²) >= 11 is 0. The average molecular weight is 374 g/mol. The number of amides is 1. The number of piperidine rings is 2. The molecule has 0 bridgehead atoms. The van der Waals surface area contributed by atoms with E-state index in [1.165, 1.54) is 17.0 Å². The Morgan fingerprint density at radius 1 is 1.16 bits per heavy atom. The van der Waals surface area contributed by atoms with Gasteiger partial charge in [-0.3, -0.25) is 9.69 Å². The molecule has 0 radical (unpaired) electrons. The quantitative estimate of drug-likeness (QED) is 0.796. The third-order valence-corrected chi connectivity index (χ3v) is 6.89. The van der Waals surface area contributed by atoms with Crippen molar-refractivity contribution >= 4 is 15.9 Å². The van der Waals surface area contributed by atoms with Gasteiger partial charge in [0.05, 0.1) is 6.26 Å². The van der Waals surface area contributed by atoms with E-state index in [1.807, 2.05) is 0 Å². The van der Waals surface area contributed by atoms with Gasteiger partial charge in [-0.1, -0.05) is 20.3 Å². The van der Waals surface area contributed by atoms with Crippen molar-refractivity contribution in [1.29, 1.82) is 0 Å². The molecule has 6 nitrogen and oxygen atoms in total. The molecule has 0 spiro atoms. The van der Waals surface area contributed by atoms with E-state index in [-0.39, 0.29) is 11.4 Å². The molecule has 2 heterocycles. The number of likely N-dealkylation sites (tertiary alicyclic amines) is 1. The molecular weight excluding hydrogens is 338 g/mol. The molecule has 2 aliphatic heterocycles. The molecule has 146 valence electrons. The number of carbonyl (C=O) groups is 1. The van der Waals surface area contributed by atoms with Gasteiger partial charge in [0.25, 0.3) is 0 Å². The summed E-state index contributed by atoms with van der Waals surface area (Å²) in [5, 5.41) is 3.03. The van der Waals surface area contributed by atoms with Gasteiger partial charge in [-0.2, -0.15) is 4.31 Å². The largest absolute Gasteiger partial charge is 0.353 e. The molecule has 0 aliphatic carbocycles. The van der Waals surface area contributed by atoms with Crippen LogP contribution in [0.1, 0.15) is 53.4 Å². The smallest absolute Gasteiger partial charge is 0.238 e. The lowest BCUT2D eigenvalue weighted by molar-refractivity contribution is -0.126. The summed E-state index contributed by atoms with van der Waals surface area (Å²) in [6.07, 6.45) is 4.78. The number of hydrogen-bond donors (Lipinski definition) is 1. The van der Waals surface area contributed by atoms with E-state index >= 15 is 0 Å². The van der Waals surface area contributed by atoms with Crippen LogP contribution in [0.25, 0.3) is 0 Å². The van der Waals surface area contributed by atoms with Crippen molar-refractivity contribution in [3.05, 3.63) is 0 Å². The normalized spacial score (nSPS) is 30.2. The molecule has 0 aromatic rings. The number of nitrogens with zero attached hydrogens (tertiary/aromatic N) is 2. The Hall–Kier alpha value is -0.660. The van der Waals surface area contributed by atoms with Gasteiger partial charge in [0, 0.05) is 31.7 Å². The highest BCUT2D eigenvalue weighted by Gasteiger charge is 2.37. The minimum atomic E-state index is -3.35. The maximum atomic E-state index is 12.7. The maximum absolute atomic E-state index is 12.7. The van der Waals surface area contributed by atoms with Crippen LogP contribution in [-0.2, 0) is 14.8 Å². The number of carbonyl (C=O) groups excluding carboxylic acids is 1. The van der Waals surface area contributed by atoms with Crippen LogP contribution in [0, 0.1) is 11.8 Å². The van der Waals surface area contributed by atoms with E-state index in [2.05, 4.69) is 37.9 Å². The first-order chi connectivity index (χ1) is 11.5. The Bertz CT molecular complexity index is 566. The van der Waals surface area contributed by atoms with Crippen LogP contribution >= 0.6 is 0 Å². The van der Waals surface area contributed by atoms with Crippen molar-refractivity contribution in [2.75, 3.05) is 32.4 Å². The Morgan fingerprint density at radius 2 is 1.76 bits per heavy atom. The molecule has 7 heteroatoms. The highest BCUT2D eigenvalue weighted by molar-refractivity contribution is 7.88. The molecule has 2 rings (SSSR count). The molecule has 3 unspecified atom stereocenters. The minimum absolute atomic E-state index is 0.136. The Labute approximate surface area is 153 Å². The molecule has 2 fully saturated rings. The van der Waals surface area contributed by atoms with Gasteiger partial charge < -0.3 is 5.32 Å². The zero-order valence-corrected chi connectivity index (χ0v) is 17.2. The number of nitrogens with one attached hydrogen (secondary N) is 1. The van der Waals surface area contributed by atoms with Gasteiger partial charge >= 0.3 is 0 Å². The lowest BCUT2D eigenvalue weighted by Gasteiger charge is -2.45. The SMILES string of the molecule is CC1CC(C)CN(C(C)(C)CNC(=O)C2CCCCN2S(C)(=O)=O)C1. The first-order valence-corrected chi connectivity index (χ1v) is 11.3. The molecule has 1 N–H and O–H groups in total. The van der Waals surface area contributed by atoms with Crippen molar-refractivity contribution < 1.29 is 13.2 Å². The molecular formula is C18H35N3O3S. The van der Waals surface area contributed by atoms with Crippen molar-refractivity contribution in [3.8, 4) is 0 Å². The molecule has 2 aliphatic rings. The van der Waals surface area contributed by atoms with Gasteiger partial charge in [-0.25, -0.2) is 8.42 Å². The lowest BCUT2D eigenvalue weighted by Crippen LogP contribution is -2.58. The first-order valence-electron chi connectivity index (χ1n) is 9.50. The average Bonchev–Trinajstić information content (AvgIpc) is 2.51. The summed E-state index contributed by atoms with van der Waals surface area (Å²) in [4.78, 5) is 15.1. The Morgan fingerprint density at radius 3 is 2.32 bits per heavy atom. The minimum Gasteiger partial charge on any atom is -0.353 e. The highest BCUT2D eigenvalue weighted by Crippen LogP contribution is 2.27. The second-order valence-electron chi connectivity index (χ2n) is 8.77. The van der Waals surface area contributed by atoms with Crippen LogP contribution in [0.5, 0.6) is 0 Å². The summed E-state index contributed by atoms with van der Waals surface area (Å²) in [5.74, 6) is 1.17. The summed E-state index contributed by atoms with van der Waals surface area (Å²) in [5.41, 5.74) is -0.136. The predicted octanol–water partition coefficient (Wildman–Crippen LogP) is 1.67. The van der Waals surface area contributed by atoms with E-state index in [0.717, 1.165) is 25.9 Å². The van der Waals surface area contributed by atoms with Crippen LogP contribution in [0.2, 0.25) is 0 Å². The second kappa shape index (κ2) is 7.92. The molecule has 1 amide bonds. The van der Waals surface area contributed by atoms with Crippen LogP contribution in [-0.4, -0.2) is 67.5 Å². The number of sulfonamides is 1. The maximum Gasteiger partial charge on any atom is 0.238 e. The van der Waals surface area contributed by atoms with Crippen LogP contribution in [0.15, 0.2) is 0 Å². The van der Waals surface area contributed by atoms with Crippen LogP contribution in [0.4, 0.5) is 0 Å². The fourth-order valence-electron chi connectivity index (χ4n) is 4.25. The van der Waals surface area contributed by atoms with Crippen LogP contribution < -0.4 is 5.32 Å². The zero-order valence-electron chi connectivity index (χ0n) is 16.4. The molecule has 25 heavy (non-hydrogen) atoms. The third kappa shape index (κ3) is 5.41. The van der Waals surface area contributed by atoms with Gasteiger partial charge in [-0.15, -0.1) is 0 Å². The van der Waals surface area contributed by atoms with Gasteiger partial charge in [0.15, 0.2) is 0 Å². The molecule has 2 saturated heterocycles. The standard InChI is InChI=1S/C18H35N3O3S/c1-14-10-15(2)12-20(11-14)18(3,4)13-19-17(22)16-8-6-7-9-21(16)25(5,23)24/h14-16H,6-13H2,1-5H3,(H,19,22). The molecule has 0 aromatic heterocycles. The van der Waals surface area contributed by atoms with E-state index in [9.17, 15) is 13.2 Å². The summed E-state index contributed by atoms with van der Waals surface area (Å²) in [6.45, 7) is 12.0. The van der Waals surface area contributed by atoms with Gasteiger partial charge in [0.1, 0.15) is 6.04 Å². The topological polar surface area (TPSA) is 69.7 Å².